The molecule has 0 radical (unpaired) electrons. The zero-order valence-electron chi connectivity index (χ0n) is 8.12. The molecule has 0 saturated heterocycles. The molecule has 0 aliphatic rings. The van der Waals surface area contributed by atoms with E-state index in [1.165, 1.54) is 0 Å². The van der Waals surface area contributed by atoms with Crippen molar-refractivity contribution in [1.29, 1.82) is 0 Å². The van der Waals surface area contributed by atoms with Crippen LogP contribution < -0.4 is 0 Å². The summed E-state index contributed by atoms with van der Waals surface area (Å²) in [6, 6.07) is 6.27. The van der Waals surface area contributed by atoms with Crippen LogP contribution in [0.5, 0.6) is 0 Å². The first-order valence-electron chi connectivity index (χ1n) is 4.57. The zero-order valence-corrected chi connectivity index (χ0v) is 8.12. The Balaban J connectivity index is 2.15. The van der Waals surface area contributed by atoms with E-state index in [1.54, 1.807) is 24.4 Å². The van der Waals surface area contributed by atoms with Crippen LogP contribution in [0.3, 0.4) is 0 Å². The number of H-pyrrole nitrogens is 1. The lowest BCUT2D eigenvalue weighted by Crippen LogP contribution is -2.04. The van der Waals surface area contributed by atoms with Crippen molar-refractivity contribution in [3.63, 3.8) is 0 Å². The van der Waals surface area contributed by atoms with Gasteiger partial charge in [-0.25, -0.2) is 0 Å². The largest absolute Gasteiger partial charge is 0.435 e. The first-order valence-corrected chi connectivity index (χ1v) is 4.57. The maximum atomic E-state index is 12.2. The highest BCUT2D eigenvalue weighted by atomic mass is 19.4. The fourth-order valence-corrected chi connectivity index (χ4v) is 1.30. The first kappa shape index (κ1) is 10.7. The summed E-state index contributed by atoms with van der Waals surface area (Å²) in [7, 11) is 0. The van der Waals surface area contributed by atoms with E-state index < -0.39 is 11.9 Å². The Labute approximate surface area is 89.3 Å². The molecular formula is C10H8F3N3. The van der Waals surface area contributed by atoms with E-state index in [1.807, 2.05) is 0 Å². The van der Waals surface area contributed by atoms with Gasteiger partial charge in [-0.15, -0.1) is 0 Å². The highest BCUT2D eigenvalue weighted by molar-refractivity contribution is 5.18. The van der Waals surface area contributed by atoms with Gasteiger partial charge in [0.2, 0.25) is 0 Å². The van der Waals surface area contributed by atoms with Gasteiger partial charge in [-0.2, -0.15) is 18.3 Å². The average molecular weight is 227 g/mol. The minimum Gasteiger partial charge on any atom is -0.282 e. The van der Waals surface area contributed by atoms with Crippen LogP contribution in [-0.4, -0.2) is 15.2 Å². The zero-order chi connectivity index (χ0) is 11.6. The second-order valence-electron chi connectivity index (χ2n) is 3.27. The van der Waals surface area contributed by atoms with Crippen LogP contribution in [0.1, 0.15) is 17.1 Å². The third-order valence-electron chi connectivity index (χ3n) is 2.02. The molecule has 0 aliphatic heterocycles. The van der Waals surface area contributed by atoms with E-state index in [4.69, 9.17) is 0 Å². The summed E-state index contributed by atoms with van der Waals surface area (Å²) in [5.41, 5.74) is 0.185. The Hall–Kier alpha value is -1.85. The molecule has 1 N–H and O–H groups in total. The fraction of sp³-hybridized carbons (Fsp3) is 0.200. The molecular weight excluding hydrogens is 219 g/mol. The molecule has 0 atom stereocenters. The summed E-state index contributed by atoms with van der Waals surface area (Å²) < 4.78 is 36.7. The lowest BCUT2D eigenvalue weighted by Gasteiger charge is -1.99. The van der Waals surface area contributed by atoms with Gasteiger partial charge in [0.05, 0.1) is 0 Å². The van der Waals surface area contributed by atoms with Crippen molar-refractivity contribution in [2.75, 3.05) is 0 Å². The molecule has 0 aromatic carbocycles. The Morgan fingerprint density at radius 2 is 2.06 bits per heavy atom. The monoisotopic (exact) mass is 227 g/mol. The molecule has 0 saturated carbocycles. The topological polar surface area (TPSA) is 41.6 Å². The number of pyridine rings is 1. The maximum absolute atomic E-state index is 12.2. The van der Waals surface area contributed by atoms with Crippen molar-refractivity contribution in [1.82, 2.24) is 15.2 Å². The van der Waals surface area contributed by atoms with Gasteiger partial charge in [0.1, 0.15) is 0 Å². The van der Waals surface area contributed by atoms with Gasteiger partial charge in [-0.1, -0.05) is 6.07 Å². The molecule has 0 bridgehead atoms. The van der Waals surface area contributed by atoms with Gasteiger partial charge in [-0.05, 0) is 18.2 Å². The van der Waals surface area contributed by atoms with Crippen molar-refractivity contribution in [2.24, 2.45) is 0 Å². The van der Waals surface area contributed by atoms with Gasteiger partial charge in [0.25, 0.3) is 0 Å². The number of aromatic amines is 1. The van der Waals surface area contributed by atoms with E-state index in [9.17, 15) is 13.2 Å². The molecule has 2 heterocycles. The molecule has 0 unspecified atom stereocenters. The Bertz CT molecular complexity index is 462. The number of nitrogens with zero attached hydrogens (tertiary/aromatic N) is 2. The molecule has 0 spiro atoms. The lowest BCUT2D eigenvalue weighted by molar-refractivity contribution is -0.141. The molecule has 0 aliphatic carbocycles. The van der Waals surface area contributed by atoms with Gasteiger partial charge in [0.15, 0.2) is 5.69 Å². The Morgan fingerprint density at radius 1 is 1.25 bits per heavy atom. The van der Waals surface area contributed by atoms with Crippen molar-refractivity contribution < 1.29 is 13.2 Å². The molecule has 84 valence electrons. The Kier molecular flexibility index (Phi) is 2.64. The standard InChI is InChI=1S/C10H8F3N3/c11-10(12,13)9-6-8(15-16-9)5-7-3-1-2-4-14-7/h1-4,6H,5H2,(H,15,16). The summed E-state index contributed by atoms with van der Waals surface area (Å²) in [4.78, 5) is 4.02. The van der Waals surface area contributed by atoms with E-state index in [0.717, 1.165) is 6.07 Å². The van der Waals surface area contributed by atoms with Gasteiger partial charge in [0, 0.05) is 24.0 Å². The van der Waals surface area contributed by atoms with Crippen LogP contribution in [0.25, 0.3) is 0 Å². The maximum Gasteiger partial charge on any atom is 0.435 e. The number of aromatic nitrogens is 3. The number of hydrogen-bond donors (Lipinski definition) is 1. The predicted molar refractivity (Wildman–Crippen MR) is 50.6 cm³/mol. The van der Waals surface area contributed by atoms with Crippen LogP contribution in [-0.2, 0) is 12.6 Å². The van der Waals surface area contributed by atoms with Gasteiger partial charge >= 0.3 is 6.18 Å². The van der Waals surface area contributed by atoms with Crippen LogP contribution in [0.2, 0.25) is 0 Å². The van der Waals surface area contributed by atoms with Crippen molar-refractivity contribution >= 4 is 0 Å². The molecule has 0 fully saturated rings. The highest BCUT2D eigenvalue weighted by Gasteiger charge is 2.33. The summed E-state index contributed by atoms with van der Waals surface area (Å²) in [5.74, 6) is 0. The quantitative estimate of drug-likeness (QED) is 0.855. The van der Waals surface area contributed by atoms with E-state index in [2.05, 4.69) is 15.2 Å². The molecule has 6 heteroatoms. The Morgan fingerprint density at radius 3 is 2.62 bits per heavy atom. The number of nitrogens with one attached hydrogen (secondary N) is 1. The minimum atomic E-state index is -4.40. The molecule has 2 rings (SSSR count). The summed E-state index contributed by atoms with van der Waals surface area (Å²) >= 11 is 0. The van der Waals surface area contributed by atoms with E-state index in [0.29, 0.717) is 17.8 Å². The second-order valence-corrected chi connectivity index (χ2v) is 3.27. The first-order chi connectivity index (χ1) is 7.55. The lowest BCUT2D eigenvalue weighted by atomic mass is 10.2. The molecule has 3 nitrogen and oxygen atoms in total. The third-order valence-corrected chi connectivity index (χ3v) is 2.02. The second kappa shape index (κ2) is 3.96. The van der Waals surface area contributed by atoms with Crippen molar-refractivity contribution in [2.45, 2.75) is 12.6 Å². The van der Waals surface area contributed by atoms with Crippen LogP contribution in [0.4, 0.5) is 13.2 Å². The summed E-state index contributed by atoms with van der Waals surface area (Å²) in [6.07, 6.45) is -2.50. The van der Waals surface area contributed by atoms with Gasteiger partial charge < -0.3 is 0 Å². The SMILES string of the molecule is FC(F)(F)c1cc(Cc2ccccn2)[nH]n1. The van der Waals surface area contributed by atoms with Crippen LogP contribution in [0, 0.1) is 0 Å². The van der Waals surface area contributed by atoms with Crippen molar-refractivity contribution in [3.8, 4) is 0 Å². The number of hydrogen-bond acceptors (Lipinski definition) is 2. The predicted octanol–water partition coefficient (Wildman–Crippen LogP) is 2.41. The van der Waals surface area contributed by atoms with Crippen LogP contribution in [0.15, 0.2) is 30.5 Å². The highest BCUT2D eigenvalue weighted by Crippen LogP contribution is 2.27. The van der Waals surface area contributed by atoms with Crippen LogP contribution >= 0.6 is 0 Å². The third kappa shape index (κ3) is 2.39. The fourth-order valence-electron chi connectivity index (χ4n) is 1.30. The van der Waals surface area contributed by atoms with E-state index in [-0.39, 0.29) is 0 Å². The summed E-state index contributed by atoms with van der Waals surface area (Å²) in [6.45, 7) is 0. The molecule has 2 aromatic heterocycles. The minimum absolute atomic E-state index is 0.309. The summed E-state index contributed by atoms with van der Waals surface area (Å²) in [5, 5.41) is 5.56. The van der Waals surface area contributed by atoms with Gasteiger partial charge in [-0.3, -0.25) is 10.1 Å². The smallest absolute Gasteiger partial charge is 0.282 e. The number of alkyl halides is 3. The molecule has 0 amide bonds. The van der Waals surface area contributed by atoms with E-state index >= 15 is 0 Å². The van der Waals surface area contributed by atoms with Crippen molar-refractivity contribution in [3.05, 3.63) is 47.5 Å². The normalized spacial score (nSPS) is 11.7. The molecule has 2 aromatic rings. The number of rotatable bonds is 2. The number of halogens is 3. The molecule has 16 heavy (non-hydrogen) atoms. The average Bonchev–Trinajstić information content (AvgIpc) is 2.67.